The first-order chi connectivity index (χ1) is 16.3. The normalized spacial score (nSPS) is 24.9. The minimum atomic E-state index is -1.02. The number of hydrogen-bond acceptors (Lipinski definition) is 5. The molecule has 1 saturated heterocycles. The van der Waals surface area contributed by atoms with Crippen LogP contribution in [0.3, 0.4) is 0 Å². The number of aromatic nitrogens is 1. The lowest BCUT2D eigenvalue weighted by atomic mass is 9.97. The molecule has 1 unspecified atom stereocenters. The molecule has 10 heteroatoms. The molecule has 8 nitrogen and oxygen atoms in total. The van der Waals surface area contributed by atoms with Gasteiger partial charge >= 0.3 is 0 Å². The average Bonchev–Trinajstić information content (AvgIpc) is 3.10. The number of hydrogen-bond donors (Lipinski definition) is 2. The molecule has 1 aromatic heterocycles. The molecule has 2 bridgehead atoms. The highest BCUT2D eigenvalue weighted by molar-refractivity contribution is 5.99. The number of rotatable bonds is 4. The van der Waals surface area contributed by atoms with E-state index >= 15 is 0 Å². The van der Waals surface area contributed by atoms with Crippen LogP contribution in [0.4, 0.5) is 8.78 Å². The molecule has 4 atom stereocenters. The van der Waals surface area contributed by atoms with E-state index in [9.17, 15) is 28.3 Å². The molecule has 2 fully saturated rings. The van der Waals surface area contributed by atoms with Crippen molar-refractivity contribution in [2.45, 2.75) is 50.7 Å². The van der Waals surface area contributed by atoms with E-state index in [1.807, 2.05) is 0 Å². The topological polar surface area (TPSA) is 101 Å². The summed E-state index contributed by atoms with van der Waals surface area (Å²) >= 11 is 0. The summed E-state index contributed by atoms with van der Waals surface area (Å²) in [6, 6.07) is 2.76. The van der Waals surface area contributed by atoms with E-state index in [1.54, 1.807) is 4.90 Å². The zero-order chi connectivity index (χ0) is 24.1. The number of pyridine rings is 1. The molecule has 34 heavy (non-hydrogen) atoms. The average molecular weight is 469 g/mol. The van der Waals surface area contributed by atoms with Gasteiger partial charge in [-0.2, -0.15) is 0 Å². The molecule has 2 aliphatic heterocycles. The first kappa shape index (κ1) is 22.1. The number of fused-ring (bicyclic) bond motifs is 5. The van der Waals surface area contributed by atoms with Crippen molar-refractivity contribution in [2.75, 3.05) is 0 Å². The number of ether oxygens (including phenoxy) is 1. The Bertz CT molecular complexity index is 1300. The first-order valence-corrected chi connectivity index (χ1v) is 10.9. The maximum Gasteiger partial charge on any atom is 0.276 e. The number of aromatic hydroxyl groups is 1. The number of amides is 2. The van der Waals surface area contributed by atoms with Crippen molar-refractivity contribution in [2.24, 2.45) is 5.92 Å². The molecule has 2 aromatic rings. The van der Waals surface area contributed by atoms with Crippen LogP contribution < -0.4 is 10.7 Å². The molecule has 3 aliphatic rings. The lowest BCUT2D eigenvalue weighted by Crippen LogP contribution is -2.58. The maximum absolute atomic E-state index is 13.9. The second-order valence-corrected chi connectivity index (χ2v) is 8.77. The number of nitrogens with one attached hydrogen (secondary N) is 1. The zero-order valence-corrected chi connectivity index (χ0v) is 18.0. The highest BCUT2D eigenvalue weighted by atomic mass is 19.1. The van der Waals surface area contributed by atoms with E-state index in [-0.39, 0.29) is 42.4 Å². The van der Waals surface area contributed by atoms with E-state index < -0.39 is 46.4 Å². The van der Waals surface area contributed by atoms with Gasteiger partial charge in [-0.05, 0) is 24.8 Å². The van der Waals surface area contributed by atoms with Gasteiger partial charge in [-0.25, -0.2) is 8.78 Å². The monoisotopic (exact) mass is 469 g/mol. The van der Waals surface area contributed by atoms with Gasteiger partial charge in [-0.15, -0.1) is 12.3 Å². The van der Waals surface area contributed by atoms with Gasteiger partial charge in [0.1, 0.15) is 17.2 Å². The third-order valence-corrected chi connectivity index (χ3v) is 6.76. The number of halogens is 2. The van der Waals surface area contributed by atoms with Gasteiger partial charge in [-0.3, -0.25) is 14.4 Å². The van der Waals surface area contributed by atoms with Crippen LogP contribution in [0.15, 0.2) is 29.2 Å². The predicted molar refractivity (Wildman–Crippen MR) is 115 cm³/mol. The lowest BCUT2D eigenvalue weighted by Gasteiger charge is -2.45. The summed E-state index contributed by atoms with van der Waals surface area (Å²) in [6.07, 6.45) is 7.88. The van der Waals surface area contributed by atoms with Crippen molar-refractivity contribution < 1.29 is 28.2 Å². The second kappa shape index (κ2) is 8.25. The quantitative estimate of drug-likeness (QED) is 0.665. The number of carbonyl (C=O) groups is 2. The summed E-state index contributed by atoms with van der Waals surface area (Å²) in [5.74, 6) is -1.15. The maximum atomic E-state index is 13.9. The number of terminal acetylenes is 1. The van der Waals surface area contributed by atoms with Gasteiger partial charge < -0.3 is 24.6 Å². The Balaban J connectivity index is 1.43. The number of nitrogens with zero attached hydrogens (tertiary/aromatic N) is 2. The smallest absolute Gasteiger partial charge is 0.276 e. The molecule has 176 valence electrons. The van der Waals surface area contributed by atoms with Gasteiger partial charge in [0, 0.05) is 36.8 Å². The fourth-order valence-electron chi connectivity index (χ4n) is 5.20. The molecule has 3 heterocycles. The van der Waals surface area contributed by atoms with E-state index in [4.69, 9.17) is 11.2 Å². The third-order valence-electron chi connectivity index (χ3n) is 6.76. The van der Waals surface area contributed by atoms with Gasteiger partial charge in [0.05, 0.1) is 12.6 Å². The molecule has 0 spiro atoms. The van der Waals surface area contributed by atoms with Crippen LogP contribution >= 0.6 is 0 Å². The molecular formula is C24H21F2N3O5. The van der Waals surface area contributed by atoms with Gasteiger partial charge in [0.25, 0.3) is 11.8 Å². The minimum absolute atomic E-state index is 0.0236. The van der Waals surface area contributed by atoms with Crippen LogP contribution in [-0.4, -0.2) is 44.8 Å². The van der Waals surface area contributed by atoms with Crippen LogP contribution in [-0.2, 0) is 17.8 Å². The lowest BCUT2D eigenvalue weighted by molar-refractivity contribution is -0.133. The molecule has 1 aromatic carbocycles. The third kappa shape index (κ3) is 3.53. The Morgan fingerprint density at radius 1 is 1.29 bits per heavy atom. The summed E-state index contributed by atoms with van der Waals surface area (Å²) < 4.78 is 34.3. The summed E-state index contributed by atoms with van der Waals surface area (Å²) in [7, 11) is 0. The molecule has 5 rings (SSSR count). The van der Waals surface area contributed by atoms with Crippen LogP contribution in [0.25, 0.3) is 0 Å². The van der Waals surface area contributed by atoms with Crippen molar-refractivity contribution in [3.05, 3.63) is 63.1 Å². The van der Waals surface area contributed by atoms with Crippen molar-refractivity contribution >= 4 is 11.8 Å². The molecule has 1 aliphatic carbocycles. The number of carbonyl (C=O) groups excluding carboxylic acids is 2. The Kier molecular flexibility index (Phi) is 5.37. The van der Waals surface area contributed by atoms with Crippen LogP contribution in [0.1, 0.15) is 45.7 Å². The number of benzene rings is 1. The Labute approximate surface area is 193 Å². The second-order valence-electron chi connectivity index (χ2n) is 8.77. The predicted octanol–water partition coefficient (Wildman–Crippen LogP) is 1.74. The van der Waals surface area contributed by atoms with Gasteiger partial charge in [0.15, 0.2) is 17.7 Å². The summed E-state index contributed by atoms with van der Waals surface area (Å²) in [4.78, 5) is 40.3. The molecular weight excluding hydrogens is 448 g/mol. The molecule has 0 radical (unpaired) electrons. The Morgan fingerprint density at radius 3 is 2.82 bits per heavy atom. The van der Waals surface area contributed by atoms with Crippen molar-refractivity contribution in [1.82, 2.24) is 14.8 Å². The fourth-order valence-corrected chi connectivity index (χ4v) is 5.20. The summed E-state index contributed by atoms with van der Waals surface area (Å²) in [5, 5.41) is 13.0. The Hall–Kier alpha value is -3.71. The van der Waals surface area contributed by atoms with Gasteiger partial charge in [0.2, 0.25) is 5.43 Å². The fraction of sp³-hybridized carbons (Fsp3) is 0.375. The first-order valence-electron chi connectivity index (χ1n) is 10.9. The highest BCUT2D eigenvalue weighted by Crippen LogP contribution is 2.43. The Morgan fingerprint density at radius 2 is 2.09 bits per heavy atom. The van der Waals surface area contributed by atoms with E-state index in [0.717, 1.165) is 12.5 Å². The van der Waals surface area contributed by atoms with Crippen LogP contribution in [0.2, 0.25) is 0 Å². The zero-order valence-electron chi connectivity index (χ0n) is 18.0. The minimum Gasteiger partial charge on any atom is -0.503 e. The van der Waals surface area contributed by atoms with Crippen molar-refractivity contribution in [3.63, 3.8) is 0 Å². The molecule has 2 N–H and O–H groups in total. The van der Waals surface area contributed by atoms with E-state index in [2.05, 4.69) is 11.2 Å². The van der Waals surface area contributed by atoms with Gasteiger partial charge in [-0.1, -0.05) is 6.07 Å². The van der Waals surface area contributed by atoms with Crippen LogP contribution in [0, 0.1) is 29.9 Å². The standard InChI is InChI=1S/C24H21F2N3O5/c1-2-3-12-6-15-8-18(12)29-19(34-15)11-28-10-16(21(30)22(31)20(28)24(29)33)23(32)27-9-13-4-5-14(25)7-17(13)26/h1,4-5,7,10,12,15,18-19,31H,3,6,8-9,11H2,(H,27,32)/t12-,15-,18-,19?/m1/s1. The van der Waals surface area contributed by atoms with E-state index in [0.29, 0.717) is 18.9 Å². The largest absolute Gasteiger partial charge is 0.503 e. The highest BCUT2D eigenvalue weighted by Gasteiger charge is 2.51. The molecule has 1 saturated carbocycles. The summed E-state index contributed by atoms with van der Waals surface area (Å²) in [6.45, 7) is -0.178. The molecule has 2 amide bonds. The summed E-state index contributed by atoms with van der Waals surface area (Å²) in [5.41, 5.74) is -1.61. The van der Waals surface area contributed by atoms with Crippen molar-refractivity contribution in [3.8, 4) is 18.1 Å². The van der Waals surface area contributed by atoms with Crippen LogP contribution in [0.5, 0.6) is 5.75 Å². The van der Waals surface area contributed by atoms with Crippen molar-refractivity contribution in [1.29, 1.82) is 0 Å². The van der Waals surface area contributed by atoms with E-state index in [1.165, 1.54) is 16.8 Å². The SMILES string of the molecule is C#CC[C@@H]1C[C@@H]2C[C@H]1N1C(=O)c3c(O)c(=O)c(C(=O)NCc4ccc(F)cc4F)cn3CC1O2.